The van der Waals surface area contributed by atoms with Gasteiger partial charge in [0.2, 0.25) is 0 Å². The van der Waals surface area contributed by atoms with Gasteiger partial charge in [-0.05, 0) is 0 Å². The van der Waals surface area contributed by atoms with E-state index in [-0.39, 0.29) is 40.1 Å². The van der Waals surface area contributed by atoms with Crippen LogP contribution in [0.3, 0.4) is 0 Å². The summed E-state index contributed by atoms with van der Waals surface area (Å²) < 4.78 is 0. The Bertz CT molecular complexity index is 9.51. The molecule has 0 saturated heterocycles. The SMILES string of the molecule is [CH2-]CN[CH2-].[CH3-].[Y+3]. The van der Waals surface area contributed by atoms with Gasteiger partial charge in [0.05, 0.1) is 0 Å². The van der Waals surface area contributed by atoms with Crippen molar-refractivity contribution in [1.82, 2.24) is 5.32 Å². The molecule has 0 amide bonds. The third kappa shape index (κ3) is 19.6. The molecule has 0 aliphatic carbocycles. The van der Waals surface area contributed by atoms with E-state index in [2.05, 4.69) is 19.3 Å². The maximum atomic E-state index is 3.43. The third-order valence-corrected chi connectivity index (χ3v) is 0.177. The molecule has 0 rings (SSSR count). The van der Waals surface area contributed by atoms with E-state index in [9.17, 15) is 0 Å². The fourth-order valence-electron chi connectivity index (χ4n) is 0. The first kappa shape index (κ1) is 15.7. The van der Waals surface area contributed by atoms with Crippen molar-refractivity contribution in [3.05, 3.63) is 21.4 Å². The summed E-state index contributed by atoms with van der Waals surface area (Å²) in [5.74, 6) is 0. The normalized spacial score (nSPS) is 5.00. The minimum atomic E-state index is 0. The van der Waals surface area contributed by atoms with E-state index < -0.39 is 0 Å². The van der Waals surface area contributed by atoms with Crippen LogP contribution in [0.2, 0.25) is 0 Å². The van der Waals surface area contributed by atoms with Gasteiger partial charge >= 0.3 is 32.7 Å². The van der Waals surface area contributed by atoms with Gasteiger partial charge in [0.15, 0.2) is 0 Å². The molecule has 0 aromatic heterocycles. The topological polar surface area (TPSA) is 12.0 Å². The van der Waals surface area contributed by atoms with Crippen LogP contribution >= 0.6 is 0 Å². The quantitative estimate of drug-likeness (QED) is 0.556. The van der Waals surface area contributed by atoms with Crippen molar-refractivity contribution in [1.29, 1.82) is 0 Å². The summed E-state index contributed by atoms with van der Waals surface area (Å²) in [6.45, 7) is 4.14. The Kier molecular flexibility index (Phi) is 43.4. The maximum absolute atomic E-state index is 3.43. The smallest absolute Gasteiger partial charge is 0.498 e. The first-order valence-corrected chi connectivity index (χ1v) is 1.21. The van der Waals surface area contributed by atoms with E-state index in [1.54, 1.807) is 0 Å². The van der Waals surface area contributed by atoms with Gasteiger partial charge in [-0.2, -0.15) is 6.54 Å². The molecule has 0 atom stereocenters. The number of rotatable bonds is 1. The van der Waals surface area contributed by atoms with Crippen molar-refractivity contribution in [2.45, 2.75) is 0 Å². The van der Waals surface area contributed by atoms with Crippen molar-refractivity contribution < 1.29 is 32.7 Å². The molecule has 0 aromatic carbocycles. The second kappa shape index (κ2) is 16.6. The molecular weight excluding hydrogens is 151 g/mol. The van der Waals surface area contributed by atoms with E-state index in [0.29, 0.717) is 6.54 Å². The first-order chi connectivity index (χ1) is 1.91. The predicted molar refractivity (Wildman–Crippen MR) is 25.1 cm³/mol. The maximum Gasteiger partial charge on any atom is 3.00 e. The van der Waals surface area contributed by atoms with Crippen LogP contribution in [0.1, 0.15) is 0 Å². The molecular formula is C4H10NY. The summed E-state index contributed by atoms with van der Waals surface area (Å²) in [6, 6.07) is 0. The van der Waals surface area contributed by atoms with Gasteiger partial charge in [-0.1, -0.05) is 0 Å². The number of hydrogen-bond acceptors (Lipinski definition) is 1. The van der Waals surface area contributed by atoms with Crippen molar-refractivity contribution in [2.24, 2.45) is 0 Å². The summed E-state index contributed by atoms with van der Waals surface area (Å²) in [7, 11) is 3.29. The minimum Gasteiger partial charge on any atom is -0.498 e. The summed E-state index contributed by atoms with van der Waals surface area (Å²) in [4.78, 5) is 0. The molecule has 0 fully saturated rings. The Hall–Kier alpha value is 1.06. The second-order valence-corrected chi connectivity index (χ2v) is 0.500. The van der Waals surface area contributed by atoms with E-state index in [4.69, 9.17) is 0 Å². The molecule has 0 aliphatic heterocycles. The number of nitrogens with one attached hydrogen (secondary N) is 1. The van der Waals surface area contributed by atoms with Gasteiger partial charge in [-0.15, -0.1) is 0 Å². The van der Waals surface area contributed by atoms with Crippen molar-refractivity contribution >= 4 is 0 Å². The molecule has 0 bridgehead atoms. The Labute approximate surface area is 65.8 Å². The van der Waals surface area contributed by atoms with Crippen LogP contribution in [0.15, 0.2) is 0 Å². The molecule has 6 heavy (non-hydrogen) atoms. The molecule has 0 unspecified atom stereocenters. The third-order valence-electron chi connectivity index (χ3n) is 0.177. The van der Waals surface area contributed by atoms with E-state index in [1.807, 2.05) is 0 Å². The largest absolute Gasteiger partial charge is 3.00 e. The van der Waals surface area contributed by atoms with Gasteiger partial charge in [-0.3, -0.25) is 7.05 Å². The van der Waals surface area contributed by atoms with Crippen molar-refractivity contribution in [3.8, 4) is 0 Å². The molecule has 0 aromatic rings. The molecule has 0 aliphatic rings. The van der Waals surface area contributed by atoms with E-state index in [1.165, 1.54) is 0 Å². The zero-order chi connectivity index (χ0) is 3.41. The Morgan fingerprint density at radius 1 is 1.50 bits per heavy atom. The van der Waals surface area contributed by atoms with Gasteiger partial charge in [0.1, 0.15) is 0 Å². The van der Waals surface area contributed by atoms with Gasteiger partial charge in [0, 0.05) is 0 Å². The van der Waals surface area contributed by atoms with Crippen LogP contribution in [0, 0.1) is 21.4 Å². The molecule has 0 saturated carbocycles. The summed E-state index contributed by atoms with van der Waals surface area (Å²) in [5.41, 5.74) is 0. The van der Waals surface area contributed by atoms with Crippen molar-refractivity contribution in [2.75, 3.05) is 6.54 Å². The van der Waals surface area contributed by atoms with E-state index >= 15 is 0 Å². The molecule has 0 spiro atoms. The monoisotopic (exact) mass is 161 g/mol. The fraction of sp³-hybridized carbons (Fsp3) is 0.250. The second-order valence-electron chi connectivity index (χ2n) is 0.500. The van der Waals surface area contributed by atoms with Crippen LogP contribution in [-0.4, -0.2) is 6.54 Å². The van der Waals surface area contributed by atoms with Gasteiger partial charge in [0.25, 0.3) is 0 Å². The fourth-order valence-corrected chi connectivity index (χ4v) is 0. The Morgan fingerprint density at radius 3 is 1.67 bits per heavy atom. The van der Waals surface area contributed by atoms with Crippen LogP contribution in [-0.2, 0) is 32.7 Å². The van der Waals surface area contributed by atoms with Crippen LogP contribution in [0.4, 0.5) is 0 Å². The summed E-state index contributed by atoms with van der Waals surface area (Å²) in [5, 5.41) is 2.57. The number of hydrogen-bond donors (Lipinski definition) is 1. The Balaban J connectivity index is -0.0000000450. The summed E-state index contributed by atoms with van der Waals surface area (Å²) in [6.07, 6.45) is 0. The van der Waals surface area contributed by atoms with Crippen LogP contribution in [0.5, 0.6) is 0 Å². The molecule has 0 heterocycles. The predicted octanol–water partition coefficient (Wildman–Crippen LogP) is 0.649. The standard InChI is InChI=1S/C3H7N.CH3.Y/c1-3-4-2;;/h4H,1-3H2;1H3;/q-2;-1;+3. The van der Waals surface area contributed by atoms with Gasteiger partial charge < -0.3 is 19.7 Å². The minimum absolute atomic E-state index is 0. The van der Waals surface area contributed by atoms with E-state index in [0.717, 1.165) is 0 Å². The molecule has 1 nitrogen and oxygen atoms in total. The van der Waals surface area contributed by atoms with Crippen LogP contribution in [0.25, 0.3) is 0 Å². The average Bonchev–Trinajstić information content (AvgIpc) is 1.37. The molecule has 2 heteroatoms. The molecule has 34 valence electrons. The first-order valence-electron chi connectivity index (χ1n) is 1.21. The summed E-state index contributed by atoms with van der Waals surface area (Å²) >= 11 is 0. The zero-order valence-corrected chi connectivity index (χ0v) is 7.04. The zero-order valence-electron chi connectivity index (χ0n) is 4.20. The van der Waals surface area contributed by atoms with Gasteiger partial charge in [-0.25, -0.2) is 0 Å². The Morgan fingerprint density at radius 2 is 1.67 bits per heavy atom. The van der Waals surface area contributed by atoms with Crippen molar-refractivity contribution in [3.63, 3.8) is 0 Å². The molecule has 0 radical (unpaired) electrons. The average molecular weight is 161 g/mol. The molecule has 1 N–H and O–H groups in total. The van der Waals surface area contributed by atoms with Crippen LogP contribution < -0.4 is 5.32 Å².